The van der Waals surface area contributed by atoms with E-state index in [0.29, 0.717) is 63.4 Å². The first-order valence-electron chi connectivity index (χ1n) is 12.3. The molecule has 3 aromatic rings. The predicted molar refractivity (Wildman–Crippen MR) is 133 cm³/mol. The largest absolute Gasteiger partial charge is 0.416 e. The highest BCUT2D eigenvalue weighted by atomic mass is 19.4. The molecule has 8 heteroatoms. The Bertz CT molecular complexity index is 1250. The number of alkyl halides is 3. The molecule has 2 amide bonds. The number of hydrogen-bond donors (Lipinski definition) is 0. The summed E-state index contributed by atoms with van der Waals surface area (Å²) < 4.78 is 39.2. The molecule has 0 spiro atoms. The molecule has 3 aromatic carbocycles. The number of rotatable bonds is 3. The van der Waals surface area contributed by atoms with Gasteiger partial charge in [0.1, 0.15) is 0 Å². The van der Waals surface area contributed by atoms with Gasteiger partial charge < -0.3 is 14.7 Å². The Kier molecular flexibility index (Phi) is 6.60. The van der Waals surface area contributed by atoms with Crippen molar-refractivity contribution >= 4 is 28.3 Å². The predicted octanol–water partition coefficient (Wildman–Crippen LogP) is 5.06. The molecule has 0 unspecified atom stereocenters. The summed E-state index contributed by atoms with van der Waals surface area (Å²) in [5.74, 6) is -0.0648. The molecule has 2 aliphatic heterocycles. The van der Waals surface area contributed by atoms with Crippen LogP contribution in [0.1, 0.15) is 28.8 Å². The van der Waals surface area contributed by atoms with Gasteiger partial charge in [0, 0.05) is 56.4 Å². The Morgan fingerprint density at radius 2 is 1.42 bits per heavy atom. The normalized spacial score (nSPS) is 17.5. The molecule has 5 rings (SSSR count). The molecule has 0 saturated carbocycles. The summed E-state index contributed by atoms with van der Waals surface area (Å²) >= 11 is 0. The molecule has 5 nitrogen and oxygen atoms in total. The number of benzene rings is 3. The van der Waals surface area contributed by atoms with Crippen LogP contribution in [0.5, 0.6) is 0 Å². The quantitative estimate of drug-likeness (QED) is 0.510. The Hall–Kier alpha value is -3.55. The van der Waals surface area contributed by atoms with Crippen LogP contribution in [0.2, 0.25) is 0 Å². The fourth-order valence-corrected chi connectivity index (χ4v) is 5.23. The van der Waals surface area contributed by atoms with E-state index >= 15 is 0 Å². The highest BCUT2D eigenvalue weighted by Gasteiger charge is 2.33. The molecule has 36 heavy (non-hydrogen) atoms. The molecular formula is C28H28F3N3O2. The highest BCUT2D eigenvalue weighted by Crippen LogP contribution is 2.32. The molecule has 0 atom stereocenters. The Morgan fingerprint density at radius 1 is 0.750 bits per heavy atom. The van der Waals surface area contributed by atoms with Crippen LogP contribution in [0, 0.1) is 5.92 Å². The lowest BCUT2D eigenvalue weighted by Gasteiger charge is -2.39. The van der Waals surface area contributed by atoms with E-state index in [2.05, 4.69) is 0 Å². The number of amides is 2. The maximum Gasteiger partial charge on any atom is 0.416 e. The van der Waals surface area contributed by atoms with E-state index in [4.69, 9.17) is 0 Å². The van der Waals surface area contributed by atoms with Gasteiger partial charge >= 0.3 is 6.18 Å². The average Bonchev–Trinajstić information content (AvgIpc) is 2.92. The molecular weight excluding hydrogens is 467 g/mol. The summed E-state index contributed by atoms with van der Waals surface area (Å²) in [4.78, 5) is 31.9. The van der Waals surface area contributed by atoms with Gasteiger partial charge in [-0.3, -0.25) is 9.59 Å². The van der Waals surface area contributed by atoms with Gasteiger partial charge in [-0.2, -0.15) is 13.2 Å². The van der Waals surface area contributed by atoms with Gasteiger partial charge in [0.05, 0.1) is 5.56 Å². The van der Waals surface area contributed by atoms with Gasteiger partial charge in [-0.1, -0.05) is 42.5 Å². The fourth-order valence-electron chi connectivity index (χ4n) is 5.23. The number of anilines is 1. The second-order valence-corrected chi connectivity index (χ2v) is 9.45. The topological polar surface area (TPSA) is 43.9 Å². The Morgan fingerprint density at radius 3 is 2.14 bits per heavy atom. The van der Waals surface area contributed by atoms with Crippen LogP contribution in [-0.4, -0.2) is 60.9 Å². The molecule has 0 N–H and O–H groups in total. The first kappa shape index (κ1) is 24.2. The van der Waals surface area contributed by atoms with Crippen LogP contribution in [0.25, 0.3) is 10.8 Å². The average molecular weight is 496 g/mol. The van der Waals surface area contributed by atoms with E-state index in [0.717, 1.165) is 16.8 Å². The van der Waals surface area contributed by atoms with E-state index in [1.165, 1.54) is 12.1 Å². The van der Waals surface area contributed by atoms with Crippen LogP contribution in [-0.2, 0) is 11.0 Å². The third-order valence-electron chi connectivity index (χ3n) is 7.28. The molecule has 0 aliphatic carbocycles. The molecule has 0 aromatic heterocycles. The summed E-state index contributed by atoms with van der Waals surface area (Å²) in [7, 11) is 0. The van der Waals surface area contributed by atoms with Gasteiger partial charge in [-0.05, 0) is 47.9 Å². The van der Waals surface area contributed by atoms with Crippen molar-refractivity contribution in [2.24, 2.45) is 5.92 Å². The van der Waals surface area contributed by atoms with Gasteiger partial charge in [-0.15, -0.1) is 0 Å². The maximum absolute atomic E-state index is 13.2. The van der Waals surface area contributed by atoms with Crippen molar-refractivity contribution < 1.29 is 22.8 Å². The smallest absolute Gasteiger partial charge is 0.368 e. The first-order valence-corrected chi connectivity index (χ1v) is 12.3. The minimum absolute atomic E-state index is 0.00704. The van der Waals surface area contributed by atoms with Crippen molar-refractivity contribution in [2.75, 3.05) is 44.2 Å². The second kappa shape index (κ2) is 9.84. The zero-order chi connectivity index (χ0) is 25.3. The molecule has 188 valence electrons. The summed E-state index contributed by atoms with van der Waals surface area (Å²) in [6, 6.07) is 18.9. The lowest BCUT2D eigenvalue weighted by Crippen LogP contribution is -2.52. The van der Waals surface area contributed by atoms with E-state index in [-0.39, 0.29) is 17.7 Å². The molecule has 0 radical (unpaired) electrons. The minimum atomic E-state index is -4.38. The maximum atomic E-state index is 13.2. The van der Waals surface area contributed by atoms with E-state index in [1.54, 1.807) is 6.07 Å². The molecule has 2 saturated heterocycles. The van der Waals surface area contributed by atoms with E-state index in [9.17, 15) is 22.8 Å². The summed E-state index contributed by atoms with van der Waals surface area (Å²) in [5.41, 5.74) is 0.545. The minimum Gasteiger partial charge on any atom is -0.368 e. The number of fused-ring (bicyclic) bond motifs is 1. The monoisotopic (exact) mass is 495 g/mol. The SMILES string of the molecule is O=C(c1cccc2ccccc12)N1CCC(C(=O)N2CCN(c3cccc(C(F)(F)F)c3)CC2)CC1. The third kappa shape index (κ3) is 4.90. The number of halogens is 3. The van der Waals surface area contributed by atoms with Gasteiger partial charge in [-0.25, -0.2) is 0 Å². The van der Waals surface area contributed by atoms with Crippen molar-refractivity contribution in [1.82, 2.24) is 9.80 Å². The van der Waals surface area contributed by atoms with E-state index < -0.39 is 11.7 Å². The van der Waals surface area contributed by atoms with Gasteiger partial charge in [0.2, 0.25) is 5.91 Å². The zero-order valence-corrected chi connectivity index (χ0v) is 19.9. The van der Waals surface area contributed by atoms with Crippen LogP contribution in [0.15, 0.2) is 66.7 Å². The van der Waals surface area contributed by atoms with Crippen LogP contribution >= 0.6 is 0 Å². The van der Waals surface area contributed by atoms with Crippen molar-refractivity contribution in [3.05, 3.63) is 77.9 Å². The van der Waals surface area contributed by atoms with Crippen LogP contribution < -0.4 is 4.90 Å². The lowest BCUT2D eigenvalue weighted by molar-refractivity contribution is -0.138. The number of likely N-dealkylation sites (tertiary alicyclic amines) is 1. The molecule has 2 heterocycles. The van der Waals surface area contributed by atoms with Crippen molar-refractivity contribution in [3.8, 4) is 0 Å². The Labute approximate surface area is 208 Å². The van der Waals surface area contributed by atoms with Crippen molar-refractivity contribution in [1.29, 1.82) is 0 Å². The zero-order valence-electron chi connectivity index (χ0n) is 19.9. The Balaban J connectivity index is 1.16. The third-order valence-corrected chi connectivity index (χ3v) is 7.28. The van der Waals surface area contributed by atoms with Gasteiger partial charge in [0.15, 0.2) is 0 Å². The summed E-state index contributed by atoms with van der Waals surface area (Å²) in [5, 5.41) is 1.96. The highest BCUT2D eigenvalue weighted by molar-refractivity contribution is 6.07. The van der Waals surface area contributed by atoms with Crippen molar-refractivity contribution in [2.45, 2.75) is 19.0 Å². The molecule has 0 bridgehead atoms. The molecule has 2 fully saturated rings. The summed E-state index contributed by atoms with van der Waals surface area (Å²) in [6.45, 7) is 3.00. The second-order valence-electron chi connectivity index (χ2n) is 9.45. The fraction of sp³-hybridized carbons (Fsp3) is 0.357. The van der Waals surface area contributed by atoms with Crippen molar-refractivity contribution in [3.63, 3.8) is 0 Å². The molecule has 2 aliphatic rings. The number of piperazine rings is 1. The number of carbonyl (C=O) groups is 2. The van der Waals surface area contributed by atoms with Gasteiger partial charge in [0.25, 0.3) is 5.91 Å². The standard InChI is InChI=1S/C28H28F3N3O2/c29-28(30,31)22-7-4-8-23(19-22)32-15-17-34(18-16-32)26(35)21-11-13-33(14-12-21)27(36)25-10-3-6-20-5-1-2-9-24(20)25/h1-10,19,21H,11-18H2. The number of carbonyl (C=O) groups excluding carboxylic acids is 2. The number of hydrogen-bond acceptors (Lipinski definition) is 3. The number of nitrogens with zero attached hydrogens (tertiary/aromatic N) is 3. The lowest BCUT2D eigenvalue weighted by atomic mass is 9.94. The number of piperidine rings is 1. The van der Waals surface area contributed by atoms with Crippen LogP contribution in [0.3, 0.4) is 0 Å². The summed E-state index contributed by atoms with van der Waals surface area (Å²) in [6.07, 6.45) is -3.15. The van der Waals surface area contributed by atoms with Crippen LogP contribution in [0.4, 0.5) is 18.9 Å². The van der Waals surface area contributed by atoms with E-state index in [1.807, 2.05) is 57.2 Å². The first-order chi connectivity index (χ1) is 17.3.